The Balaban J connectivity index is 2.18. The van der Waals surface area contributed by atoms with Crippen LogP contribution in [0.2, 0.25) is 5.02 Å². The molecule has 1 heterocycles. The Bertz CT molecular complexity index is 644. The highest BCUT2D eigenvalue weighted by Gasteiger charge is 2.11. The number of aromatic carboxylic acids is 1. The van der Waals surface area contributed by atoms with Gasteiger partial charge in [0.1, 0.15) is 5.82 Å². The largest absolute Gasteiger partial charge is 0.478 e. The minimum Gasteiger partial charge on any atom is -0.478 e. The molecule has 2 rings (SSSR count). The number of hydrogen-bond acceptors (Lipinski definition) is 3. The Kier molecular flexibility index (Phi) is 4.25. The maximum atomic E-state index is 10.9. The van der Waals surface area contributed by atoms with Crippen LogP contribution < -0.4 is 5.32 Å². The Morgan fingerprint density at radius 3 is 2.70 bits per heavy atom. The fourth-order valence-corrected chi connectivity index (χ4v) is 2.15. The number of benzene rings is 1. The minimum absolute atomic E-state index is 0.0243. The standard InChI is InChI=1S/C15H15ClN2O2/c1-9(11-4-3-5-12(16)8-11)17-14-7-6-13(15(19)20)10(2)18-14/h3-9H,1-2H3,(H,17,18)(H,19,20). The molecule has 0 amide bonds. The highest BCUT2D eigenvalue weighted by atomic mass is 35.5. The lowest BCUT2D eigenvalue weighted by Gasteiger charge is -2.16. The number of aromatic nitrogens is 1. The van der Waals surface area contributed by atoms with Crippen molar-refractivity contribution in [2.45, 2.75) is 19.9 Å². The maximum Gasteiger partial charge on any atom is 0.337 e. The normalized spacial score (nSPS) is 11.9. The third kappa shape index (κ3) is 3.27. The zero-order valence-corrected chi connectivity index (χ0v) is 12.0. The summed E-state index contributed by atoms with van der Waals surface area (Å²) in [5, 5.41) is 12.9. The van der Waals surface area contributed by atoms with Crippen LogP contribution in [0.1, 0.15) is 34.6 Å². The summed E-state index contributed by atoms with van der Waals surface area (Å²) in [4.78, 5) is 15.2. The van der Waals surface area contributed by atoms with E-state index in [1.54, 1.807) is 19.1 Å². The number of nitrogens with one attached hydrogen (secondary N) is 1. The average molecular weight is 291 g/mol. The molecular formula is C15H15ClN2O2. The van der Waals surface area contributed by atoms with Gasteiger partial charge >= 0.3 is 5.97 Å². The molecule has 0 saturated heterocycles. The third-order valence-electron chi connectivity index (χ3n) is 3.03. The number of anilines is 1. The van der Waals surface area contributed by atoms with E-state index in [9.17, 15) is 4.79 Å². The van der Waals surface area contributed by atoms with E-state index in [2.05, 4.69) is 10.3 Å². The first kappa shape index (κ1) is 14.3. The van der Waals surface area contributed by atoms with E-state index in [1.807, 2.05) is 31.2 Å². The summed E-state index contributed by atoms with van der Waals surface area (Å²) in [6.07, 6.45) is 0. The predicted octanol–water partition coefficient (Wildman–Crippen LogP) is 3.91. The first-order valence-corrected chi connectivity index (χ1v) is 6.58. The van der Waals surface area contributed by atoms with E-state index in [1.165, 1.54) is 0 Å². The van der Waals surface area contributed by atoms with Gasteiger partial charge in [0.05, 0.1) is 11.3 Å². The molecular weight excluding hydrogens is 276 g/mol. The van der Waals surface area contributed by atoms with Gasteiger partial charge in [-0.25, -0.2) is 9.78 Å². The number of aryl methyl sites for hydroxylation is 1. The third-order valence-corrected chi connectivity index (χ3v) is 3.26. The number of hydrogen-bond donors (Lipinski definition) is 2. The lowest BCUT2D eigenvalue weighted by molar-refractivity contribution is 0.0695. The molecule has 1 aromatic carbocycles. The number of carboxylic acid groups (broad SMARTS) is 1. The number of halogens is 1. The molecule has 5 heteroatoms. The van der Waals surface area contributed by atoms with Crippen molar-refractivity contribution in [1.82, 2.24) is 4.98 Å². The van der Waals surface area contributed by atoms with Gasteiger partial charge in [0, 0.05) is 11.1 Å². The van der Waals surface area contributed by atoms with Crippen LogP contribution >= 0.6 is 11.6 Å². The van der Waals surface area contributed by atoms with Crippen molar-refractivity contribution in [1.29, 1.82) is 0 Å². The highest BCUT2D eigenvalue weighted by Crippen LogP contribution is 2.21. The Labute approximate surface area is 122 Å². The molecule has 0 saturated carbocycles. The maximum absolute atomic E-state index is 10.9. The van der Waals surface area contributed by atoms with E-state index in [4.69, 9.17) is 16.7 Å². The SMILES string of the molecule is Cc1nc(NC(C)c2cccc(Cl)c2)ccc1C(=O)O. The predicted molar refractivity (Wildman–Crippen MR) is 79.4 cm³/mol. The molecule has 1 aromatic heterocycles. The number of nitrogens with zero attached hydrogens (tertiary/aromatic N) is 1. The topological polar surface area (TPSA) is 62.2 Å². The summed E-state index contributed by atoms with van der Waals surface area (Å²) in [7, 11) is 0. The molecule has 0 radical (unpaired) electrons. The lowest BCUT2D eigenvalue weighted by Crippen LogP contribution is -2.10. The second-order valence-electron chi connectivity index (χ2n) is 4.56. The molecule has 0 spiro atoms. The highest BCUT2D eigenvalue weighted by molar-refractivity contribution is 6.30. The van der Waals surface area contributed by atoms with Gasteiger partial charge in [-0.3, -0.25) is 0 Å². The lowest BCUT2D eigenvalue weighted by atomic mass is 10.1. The molecule has 2 N–H and O–H groups in total. The molecule has 0 aliphatic carbocycles. The van der Waals surface area contributed by atoms with Crippen molar-refractivity contribution in [3.05, 3.63) is 58.2 Å². The quantitative estimate of drug-likeness (QED) is 0.896. The van der Waals surface area contributed by atoms with Gasteiger partial charge < -0.3 is 10.4 Å². The monoisotopic (exact) mass is 290 g/mol. The van der Waals surface area contributed by atoms with Crippen LogP contribution in [0.5, 0.6) is 0 Å². The van der Waals surface area contributed by atoms with E-state index in [0.29, 0.717) is 16.5 Å². The molecule has 4 nitrogen and oxygen atoms in total. The van der Waals surface area contributed by atoms with Gasteiger partial charge in [-0.15, -0.1) is 0 Å². The van der Waals surface area contributed by atoms with Gasteiger partial charge in [-0.05, 0) is 43.7 Å². The van der Waals surface area contributed by atoms with Crippen LogP contribution in [0, 0.1) is 6.92 Å². The van der Waals surface area contributed by atoms with Crippen LogP contribution in [-0.4, -0.2) is 16.1 Å². The van der Waals surface area contributed by atoms with E-state index in [0.717, 1.165) is 5.56 Å². The van der Waals surface area contributed by atoms with Gasteiger partial charge in [-0.2, -0.15) is 0 Å². The zero-order valence-electron chi connectivity index (χ0n) is 11.2. The summed E-state index contributed by atoms with van der Waals surface area (Å²) >= 11 is 5.96. The number of rotatable bonds is 4. The fraction of sp³-hybridized carbons (Fsp3) is 0.200. The molecule has 20 heavy (non-hydrogen) atoms. The van der Waals surface area contributed by atoms with Crippen molar-refractivity contribution in [2.24, 2.45) is 0 Å². The van der Waals surface area contributed by atoms with Crippen molar-refractivity contribution < 1.29 is 9.90 Å². The molecule has 1 unspecified atom stereocenters. The van der Waals surface area contributed by atoms with E-state index in [-0.39, 0.29) is 11.6 Å². The molecule has 2 aromatic rings. The van der Waals surface area contributed by atoms with E-state index < -0.39 is 5.97 Å². The first-order chi connectivity index (χ1) is 9.47. The van der Waals surface area contributed by atoms with Gasteiger partial charge in [0.2, 0.25) is 0 Å². The molecule has 0 bridgehead atoms. The number of carboxylic acids is 1. The van der Waals surface area contributed by atoms with Crippen molar-refractivity contribution in [3.8, 4) is 0 Å². The summed E-state index contributed by atoms with van der Waals surface area (Å²) < 4.78 is 0. The molecule has 0 aliphatic heterocycles. The van der Waals surface area contributed by atoms with Crippen molar-refractivity contribution in [3.63, 3.8) is 0 Å². The van der Waals surface area contributed by atoms with Gasteiger partial charge in [0.25, 0.3) is 0 Å². The molecule has 0 fully saturated rings. The van der Waals surface area contributed by atoms with Crippen molar-refractivity contribution >= 4 is 23.4 Å². The number of pyridine rings is 1. The van der Waals surface area contributed by atoms with Crippen LogP contribution in [0.25, 0.3) is 0 Å². The summed E-state index contributed by atoms with van der Waals surface area (Å²) in [6, 6.07) is 10.8. The fourth-order valence-electron chi connectivity index (χ4n) is 1.95. The molecule has 1 atom stereocenters. The minimum atomic E-state index is -0.968. The van der Waals surface area contributed by atoms with Crippen molar-refractivity contribution in [2.75, 3.05) is 5.32 Å². The summed E-state index contributed by atoms with van der Waals surface area (Å²) in [6.45, 7) is 3.67. The second kappa shape index (κ2) is 5.92. The average Bonchev–Trinajstić information content (AvgIpc) is 2.38. The summed E-state index contributed by atoms with van der Waals surface area (Å²) in [5.74, 6) is -0.329. The smallest absolute Gasteiger partial charge is 0.337 e. The van der Waals surface area contributed by atoms with Gasteiger partial charge in [-0.1, -0.05) is 23.7 Å². The number of carbonyl (C=O) groups is 1. The van der Waals surface area contributed by atoms with Crippen LogP contribution in [0.15, 0.2) is 36.4 Å². The Hall–Kier alpha value is -2.07. The zero-order chi connectivity index (χ0) is 14.7. The molecule has 104 valence electrons. The molecule has 0 aliphatic rings. The van der Waals surface area contributed by atoms with Crippen LogP contribution in [-0.2, 0) is 0 Å². The Morgan fingerprint density at radius 1 is 1.35 bits per heavy atom. The second-order valence-corrected chi connectivity index (χ2v) is 4.99. The van der Waals surface area contributed by atoms with Crippen LogP contribution in [0.4, 0.5) is 5.82 Å². The summed E-state index contributed by atoms with van der Waals surface area (Å²) in [5.41, 5.74) is 1.74. The first-order valence-electron chi connectivity index (χ1n) is 6.20. The Morgan fingerprint density at radius 2 is 2.10 bits per heavy atom. The van der Waals surface area contributed by atoms with E-state index >= 15 is 0 Å². The van der Waals surface area contributed by atoms with Crippen LogP contribution in [0.3, 0.4) is 0 Å². The van der Waals surface area contributed by atoms with Gasteiger partial charge in [0.15, 0.2) is 0 Å².